The van der Waals surface area contributed by atoms with Crippen LogP contribution in [0.3, 0.4) is 0 Å². The number of benzene rings is 2. The molecular weight excluding hydrogens is 335 g/mol. The lowest BCUT2D eigenvalue weighted by Gasteiger charge is -2.17. The Morgan fingerprint density at radius 3 is 2.84 bits per heavy atom. The van der Waals surface area contributed by atoms with Gasteiger partial charge in [0.15, 0.2) is 4.80 Å². The number of hydrogen-bond acceptors (Lipinski definition) is 2. The van der Waals surface area contributed by atoms with Crippen molar-refractivity contribution in [2.24, 2.45) is 4.99 Å². The Morgan fingerprint density at radius 1 is 1.20 bits per heavy atom. The minimum atomic E-state index is -0.427. The molecule has 1 amide bonds. The third kappa shape index (κ3) is 2.85. The lowest BCUT2D eigenvalue weighted by molar-refractivity contribution is 0.0997. The number of carbonyl (C=O) groups is 1. The predicted molar refractivity (Wildman–Crippen MR) is 97.1 cm³/mol. The van der Waals surface area contributed by atoms with Crippen LogP contribution in [0.5, 0.6) is 0 Å². The van der Waals surface area contributed by atoms with Crippen molar-refractivity contribution in [3.63, 3.8) is 0 Å². The van der Waals surface area contributed by atoms with Crippen LogP contribution < -0.4 is 4.80 Å². The Kier molecular flexibility index (Phi) is 4.09. The molecule has 0 N–H and O–H groups in total. The maximum absolute atomic E-state index is 13.4. The number of thiazole rings is 1. The highest BCUT2D eigenvalue weighted by Crippen LogP contribution is 2.34. The van der Waals surface area contributed by atoms with Gasteiger partial charge in [-0.25, -0.2) is 4.39 Å². The molecule has 126 valence electrons. The average Bonchev–Trinajstić information content (AvgIpc) is 2.99. The van der Waals surface area contributed by atoms with E-state index >= 15 is 0 Å². The molecule has 1 heterocycles. The maximum atomic E-state index is 13.4. The zero-order chi connectivity index (χ0) is 17.4. The van der Waals surface area contributed by atoms with Crippen LogP contribution in [0.25, 0.3) is 11.3 Å². The van der Waals surface area contributed by atoms with Gasteiger partial charge in [0.2, 0.25) is 0 Å². The third-order valence-electron chi connectivity index (χ3n) is 4.46. The minimum absolute atomic E-state index is 0.273. The number of nitrogens with zero attached hydrogens (tertiary/aromatic N) is 2. The van der Waals surface area contributed by atoms with E-state index in [1.807, 2.05) is 6.07 Å². The Morgan fingerprint density at radius 2 is 2.04 bits per heavy atom. The molecule has 1 aromatic heterocycles. The van der Waals surface area contributed by atoms with Gasteiger partial charge < -0.3 is 4.57 Å². The molecule has 2 aromatic carbocycles. The summed E-state index contributed by atoms with van der Waals surface area (Å²) >= 11 is 1.56. The summed E-state index contributed by atoms with van der Waals surface area (Å²) < 4.78 is 15.5. The summed E-state index contributed by atoms with van der Waals surface area (Å²) in [5, 5.41) is 0. The van der Waals surface area contributed by atoms with E-state index in [9.17, 15) is 9.18 Å². The van der Waals surface area contributed by atoms with Crippen LogP contribution in [0.15, 0.2) is 53.5 Å². The molecule has 0 fully saturated rings. The fraction of sp³-hybridized carbons (Fsp3) is 0.200. The topological polar surface area (TPSA) is 34.4 Å². The van der Waals surface area contributed by atoms with E-state index in [4.69, 9.17) is 0 Å². The summed E-state index contributed by atoms with van der Waals surface area (Å²) in [4.78, 5) is 18.7. The zero-order valence-corrected chi connectivity index (χ0v) is 14.6. The first-order chi connectivity index (χ1) is 12.2. The van der Waals surface area contributed by atoms with Crippen molar-refractivity contribution in [3.8, 4) is 11.3 Å². The normalized spacial score (nSPS) is 13.4. The van der Waals surface area contributed by atoms with Gasteiger partial charge in [0, 0.05) is 22.5 Å². The van der Waals surface area contributed by atoms with Crippen molar-refractivity contribution in [2.75, 3.05) is 0 Å². The van der Waals surface area contributed by atoms with Crippen molar-refractivity contribution in [3.05, 3.63) is 75.2 Å². The number of hydrogen-bond donors (Lipinski definition) is 0. The van der Waals surface area contributed by atoms with Crippen LogP contribution in [0.4, 0.5) is 4.39 Å². The van der Waals surface area contributed by atoms with Gasteiger partial charge >= 0.3 is 0 Å². The van der Waals surface area contributed by atoms with E-state index in [0.717, 1.165) is 19.4 Å². The van der Waals surface area contributed by atoms with Gasteiger partial charge in [-0.1, -0.05) is 30.3 Å². The van der Waals surface area contributed by atoms with Gasteiger partial charge in [0.05, 0.1) is 5.69 Å². The molecule has 3 nitrogen and oxygen atoms in total. The Bertz CT molecular complexity index is 1030. The van der Waals surface area contributed by atoms with Gasteiger partial charge in [0.25, 0.3) is 5.91 Å². The summed E-state index contributed by atoms with van der Waals surface area (Å²) in [6, 6.07) is 14.1. The first kappa shape index (κ1) is 16.0. The molecule has 1 aliphatic carbocycles. The Balaban J connectivity index is 1.85. The monoisotopic (exact) mass is 352 g/mol. The number of aromatic nitrogens is 1. The second kappa shape index (κ2) is 6.41. The van der Waals surface area contributed by atoms with E-state index in [1.165, 1.54) is 39.9 Å². The molecule has 25 heavy (non-hydrogen) atoms. The minimum Gasteiger partial charge on any atom is -0.316 e. The molecule has 1 aliphatic rings. The van der Waals surface area contributed by atoms with E-state index in [-0.39, 0.29) is 5.56 Å². The quantitative estimate of drug-likeness (QED) is 0.680. The highest BCUT2D eigenvalue weighted by atomic mass is 32.1. The van der Waals surface area contributed by atoms with Gasteiger partial charge in [-0.15, -0.1) is 11.3 Å². The third-order valence-corrected chi connectivity index (χ3v) is 5.60. The van der Waals surface area contributed by atoms with Crippen molar-refractivity contribution < 1.29 is 9.18 Å². The number of halogens is 1. The Labute approximate surface area is 149 Å². The van der Waals surface area contributed by atoms with Crippen molar-refractivity contribution in [1.29, 1.82) is 0 Å². The van der Waals surface area contributed by atoms with E-state index in [1.54, 1.807) is 17.4 Å². The van der Waals surface area contributed by atoms with Crippen LogP contribution >= 0.6 is 11.3 Å². The van der Waals surface area contributed by atoms with Crippen LogP contribution in [0, 0.1) is 5.82 Å². The Hall–Kier alpha value is -2.53. The molecule has 0 bridgehead atoms. The second-order valence-electron chi connectivity index (χ2n) is 5.99. The molecule has 0 aliphatic heterocycles. The standard InChI is InChI=1S/C20H17FN2OS/c1-2-23-18-16-9-4-3-6-13(16)10-11-17(18)25-20(23)22-19(24)14-7-5-8-15(21)12-14/h3-9,12H,2,10-11H2,1H3. The van der Waals surface area contributed by atoms with Gasteiger partial charge in [-0.05, 0) is 43.5 Å². The molecule has 0 unspecified atom stereocenters. The molecular formula is C20H17FN2OS. The SMILES string of the molecule is CCn1c2c(sc1=NC(=O)c1cccc(F)c1)CCc1ccccc1-2. The zero-order valence-electron chi connectivity index (χ0n) is 13.8. The van der Waals surface area contributed by atoms with Gasteiger partial charge in [0.1, 0.15) is 5.82 Å². The highest BCUT2D eigenvalue weighted by Gasteiger charge is 2.22. The first-order valence-corrected chi connectivity index (χ1v) is 9.14. The van der Waals surface area contributed by atoms with Crippen molar-refractivity contribution in [1.82, 2.24) is 4.57 Å². The summed E-state index contributed by atoms with van der Waals surface area (Å²) in [6.07, 6.45) is 1.96. The largest absolute Gasteiger partial charge is 0.316 e. The molecule has 0 saturated carbocycles. The molecule has 0 radical (unpaired) electrons. The van der Waals surface area contributed by atoms with Crippen molar-refractivity contribution in [2.45, 2.75) is 26.3 Å². The summed E-state index contributed by atoms with van der Waals surface area (Å²) in [7, 11) is 0. The smallest absolute Gasteiger partial charge is 0.279 e. The highest BCUT2D eigenvalue weighted by molar-refractivity contribution is 7.09. The van der Waals surface area contributed by atoms with Gasteiger partial charge in [-0.3, -0.25) is 4.79 Å². The van der Waals surface area contributed by atoms with E-state index < -0.39 is 11.7 Å². The van der Waals surface area contributed by atoms with Gasteiger partial charge in [-0.2, -0.15) is 4.99 Å². The number of amides is 1. The summed E-state index contributed by atoms with van der Waals surface area (Å²) in [6.45, 7) is 2.78. The molecule has 3 aromatic rings. The number of rotatable bonds is 2. The summed E-state index contributed by atoms with van der Waals surface area (Å²) in [5.74, 6) is -0.836. The molecule has 5 heteroatoms. The molecule has 0 spiro atoms. The molecule has 0 atom stereocenters. The number of fused-ring (bicyclic) bond motifs is 3. The fourth-order valence-electron chi connectivity index (χ4n) is 3.29. The molecule has 0 saturated heterocycles. The molecule has 4 rings (SSSR count). The van der Waals surface area contributed by atoms with Crippen LogP contribution in [-0.4, -0.2) is 10.5 Å². The average molecular weight is 352 g/mol. The summed E-state index contributed by atoms with van der Waals surface area (Å²) in [5.41, 5.74) is 3.99. The lowest BCUT2D eigenvalue weighted by Crippen LogP contribution is -2.18. The fourth-order valence-corrected chi connectivity index (χ4v) is 4.49. The second-order valence-corrected chi connectivity index (χ2v) is 7.05. The van der Waals surface area contributed by atoms with Crippen LogP contribution in [0.2, 0.25) is 0 Å². The number of aryl methyl sites for hydroxylation is 2. The maximum Gasteiger partial charge on any atom is 0.279 e. The van der Waals surface area contributed by atoms with Crippen molar-refractivity contribution >= 4 is 17.2 Å². The predicted octanol–water partition coefficient (Wildman–Crippen LogP) is 4.22. The van der Waals surface area contributed by atoms with E-state index in [2.05, 4.69) is 34.7 Å². The number of carbonyl (C=O) groups excluding carboxylic acids is 1. The first-order valence-electron chi connectivity index (χ1n) is 8.32. The lowest BCUT2D eigenvalue weighted by atomic mass is 9.93. The van der Waals surface area contributed by atoms with Crippen LogP contribution in [0.1, 0.15) is 27.7 Å². The van der Waals surface area contributed by atoms with E-state index in [0.29, 0.717) is 4.80 Å². The van der Waals surface area contributed by atoms with Crippen LogP contribution in [-0.2, 0) is 19.4 Å².